The second-order valence-corrected chi connectivity index (χ2v) is 6.69. The van der Waals surface area contributed by atoms with Gasteiger partial charge in [-0.2, -0.15) is 0 Å². The van der Waals surface area contributed by atoms with Crippen LogP contribution in [0.25, 0.3) is 0 Å². The van der Waals surface area contributed by atoms with Crippen LogP contribution in [0.5, 0.6) is 5.75 Å². The third kappa shape index (κ3) is 4.99. The lowest BCUT2D eigenvalue weighted by molar-refractivity contribution is 0.101. The summed E-state index contributed by atoms with van der Waals surface area (Å²) in [7, 11) is 0. The van der Waals surface area contributed by atoms with Crippen molar-refractivity contribution in [1.82, 2.24) is 10.2 Å². The number of halogens is 2. The van der Waals surface area contributed by atoms with Crippen LogP contribution in [0.2, 0.25) is 0 Å². The average Bonchev–Trinajstić information content (AvgIpc) is 2.53. The fraction of sp³-hybridized carbons (Fsp3) is 0.667. The molecule has 23 heavy (non-hydrogen) atoms. The lowest BCUT2D eigenvalue weighted by Gasteiger charge is -2.41. The fourth-order valence-corrected chi connectivity index (χ4v) is 4.07. The Morgan fingerprint density at radius 3 is 2.39 bits per heavy atom. The van der Waals surface area contributed by atoms with Gasteiger partial charge in [0.2, 0.25) is 0 Å². The van der Waals surface area contributed by atoms with Gasteiger partial charge in [-0.3, -0.25) is 4.90 Å². The molecule has 0 aromatic heterocycles. The smallest absolute Gasteiger partial charge is 0.120 e. The molecule has 1 saturated carbocycles. The highest BCUT2D eigenvalue weighted by Gasteiger charge is 2.32. The van der Waals surface area contributed by atoms with Gasteiger partial charge in [0.25, 0.3) is 0 Å². The molecule has 0 spiro atoms. The molecule has 0 unspecified atom stereocenters. The van der Waals surface area contributed by atoms with Crippen molar-refractivity contribution < 1.29 is 5.11 Å². The average molecular weight is 361 g/mol. The van der Waals surface area contributed by atoms with Crippen LogP contribution in [0.3, 0.4) is 0 Å². The zero-order valence-corrected chi connectivity index (χ0v) is 15.6. The molecule has 1 heterocycles. The zero-order chi connectivity index (χ0) is 14.7. The molecule has 3 nitrogen and oxygen atoms in total. The molecule has 1 aromatic rings. The van der Waals surface area contributed by atoms with Gasteiger partial charge in [-0.15, -0.1) is 24.8 Å². The van der Waals surface area contributed by atoms with Gasteiger partial charge < -0.3 is 10.4 Å². The molecule has 1 aliphatic carbocycles. The summed E-state index contributed by atoms with van der Waals surface area (Å²) in [6, 6.07) is 6.49. The summed E-state index contributed by atoms with van der Waals surface area (Å²) in [4.78, 5) is 2.60. The van der Waals surface area contributed by atoms with Gasteiger partial charge in [0.1, 0.15) is 5.75 Å². The Morgan fingerprint density at radius 1 is 1.09 bits per heavy atom. The number of aromatic hydroxyl groups is 1. The molecule has 1 atom stereocenters. The summed E-state index contributed by atoms with van der Waals surface area (Å²) in [6.07, 6.45) is 6.69. The SMILES string of the molecule is Cc1ccc(O)c([C@@H](C2CCCCC2)N2CCNCC2)c1.Cl.Cl. The molecule has 1 aliphatic heterocycles. The van der Waals surface area contributed by atoms with Gasteiger partial charge in [0, 0.05) is 37.8 Å². The first-order valence-corrected chi connectivity index (χ1v) is 8.50. The number of rotatable bonds is 3. The Kier molecular flexibility index (Phi) is 8.70. The monoisotopic (exact) mass is 360 g/mol. The van der Waals surface area contributed by atoms with Gasteiger partial charge in [-0.05, 0) is 31.7 Å². The van der Waals surface area contributed by atoms with Gasteiger partial charge >= 0.3 is 0 Å². The molecule has 0 radical (unpaired) electrons. The summed E-state index contributed by atoms with van der Waals surface area (Å²) >= 11 is 0. The number of hydrogen-bond donors (Lipinski definition) is 2. The third-order valence-electron chi connectivity index (χ3n) is 5.14. The van der Waals surface area contributed by atoms with Crippen molar-refractivity contribution in [3.8, 4) is 5.75 Å². The fourth-order valence-electron chi connectivity index (χ4n) is 4.07. The first-order valence-electron chi connectivity index (χ1n) is 8.50. The second kappa shape index (κ2) is 9.73. The molecule has 132 valence electrons. The minimum absolute atomic E-state index is 0. The van der Waals surface area contributed by atoms with Crippen molar-refractivity contribution in [2.45, 2.75) is 45.1 Å². The van der Waals surface area contributed by atoms with Gasteiger partial charge in [0.15, 0.2) is 0 Å². The Hall–Kier alpha value is -0.480. The zero-order valence-electron chi connectivity index (χ0n) is 14.0. The predicted octanol–water partition coefficient (Wildman–Crippen LogP) is 4.07. The van der Waals surface area contributed by atoms with Crippen molar-refractivity contribution in [3.05, 3.63) is 29.3 Å². The van der Waals surface area contributed by atoms with Crippen LogP contribution in [-0.4, -0.2) is 36.2 Å². The molecule has 2 aliphatic rings. The van der Waals surface area contributed by atoms with Gasteiger partial charge in [0.05, 0.1) is 0 Å². The number of piperazine rings is 1. The van der Waals surface area contributed by atoms with Crippen LogP contribution in [0.4, 0.5) is 0 Å². The maximum absolute atomic E-state index is 10.4. The maximum atomic E-state index is 10.4. The number of benzene rings is 1. The molecular formula is C18H30Cl2N2O. The summed E-state index contributed by atoms with van der Waals surface area (Å²) < 4.78 is 0. The Labute approximate surface area is 152 Å². The summed E-state index contributed by atoms with van der Waals surface area (Å²) in [6.45, 7) is 6.44. The van der Waals surface area contributed by atoms with Crippen LogP contribution in [0.1, 0.15) is 49.3 Å². The van der Waals surface area contributed by atoms with Gasteiger partial charge in [-0.25, -0.2) is 0 Å². The molecule has 0 bridgehead atoms. The third-order valence-corrected chi connectivity index (χ3v) is 5.14. The molecule has 5 heteroatoms. The van der Waals surface area contributed by atoms with Crippen LogP contribution in [0.15, 0.2) is 18.2 Å². The first-order chi connectivity index (χ1) is 10.3. The topological polar surface area (TPSA) is 35.5 Å². The van der Waals surface area contributed by atoms with Crippen molar-refractivity contribution in [3.63, 3.8) is 0 Å². The highest BCUT2D eigenvalue weighted by molar-refractivity contribution is 5.85. The highest BCUT2D eigenvalue weighted by Crippen LogP contribution is 2.41. The van der Waals surface area contributed by atoms with Crippen LogP contribution in [-0.2, 0) is 0 Å². The number of phenols is 1. The summed E-state index contributed by atoms with van der Waals surface area (Å²) in [5.41, 5.74) is 2.41. The van der Waals surface area contributed by atoms with E-state index in [0.717, 1.165) is 31.7 Å². The quantitative estimate of drug-likeness (QED) is 0.852. The molecule has 1 saturated heterocycles. The molecule has 3 rings (SSSR count). The van der Waals surface area contributed by atoms with E-state index in [-0.39, 0.29) is 24.8 Å². The molecule has 2 N–H and O–H groups in total. The van der Waals surface area contributed by atoms with Crippen molar-refractivity contribution >= 4 is 24.8 Å². The standard InChI is InChI=1S/C18H28N2O.2ClH/c1-14-7-8-17(21)16(13-14)18(15-5-3-2-4-6-15)20-11-9-19-10-12-20;;/h7-8,13,15,18-19,21H,2-6,9-12H2,1H3;2*1H/t18-;;/m1../s1. The van der Waals surface area contributed by atoms with E-state index in [1.165, 1.54) is 37.7 Å². The van der Waals surface area contributed by atoms with Crippen LogP contribution in [0, 0.1) is 12.8 Å². The molecule has 2 fully saturated rings. The van der Waals surface area contributed by atoms with E-state index in [9.17, 15) is 5.11 Å². The highest BCUT2D eigenvalue weighted by atomic mass is 35.5. The van der Waals surface area contributed by atoms with Crippen molar-refractivity contribution in [2.75, 3.05) is 26.2 Å². The van der Waals surface area contributed by atoms with E-state index in [4.69, 9.17) is 0 Å². The number of phenolic OH excluding ortho intramolecular Hbond substituents is 1. The van der Waals surface area contributed by atoms with Crippen molar-refractivity contribution in [1.29, 1.82) is 0 Å². The number of nitrogens with zero attached hydrogens (tertiary/aromatic N) is 1. The van der Waals surface area contributed by atoms with Gasteiger partial charge in [-0.1, -0.05) is 37.0 Å². The Bertz CT molecular complexity index is 454. The van der Waals surface area contributed by atoms with E-state index < -0.39 is 0 Å². The van der Waals surface area contributed by atoms with E-state index in [1.807, 2.05) is 12.1 Å². The second-order valence-electron chi connectivity index (χ2n) is 6.69. The largest absolute Gasteiger partial charge is 0.508 e. The normalized spacial score (nSPS) is 21.1. The number of hydrogen-bond acceptors (Lipinski definition) is 3. The Balaban J connectivity index is 0.00000132. The molecular weight excluding hydrogens is 331 g/mol. The minimum Gasteiger partial charge on any atom is -0.508 e. The predicted molar refractivity (Wildman–Crippen MR) is 101 cm³/mol. The lowest BCUT2D eigenvalue weighted by Crippen LogP contribution is -2.47. The lowest BCUT2D eigenvalue weighted by atomic mass is 9.79. The van der Waals surface area contributed by atoms with Crippen LogP contribution >= 0.6 is 24.8 Å². The van der Waals surface area contributed by atoms with E-state index >= 15 is 0 Å². The van der Waals surface area contributed by atoms with Crippen molar-refractivity contribution in [2.24, 2.45) is 5.92 Å². The van der Waals surface area contributed by atoms with E-state index in [1.54, 1.807) is 0 Å². The molecule has 1 aromatic carbocycles. The summed E-state index contributed by atoms with van der Waals surface area (Å²) in [5, 5.41) is 13.9. The number of aryl methyl sites for hydroxylation is 1. The number of nitrogens with one attached hydrogen (secondary N) is 1. The Morgan fingerprint density at radius 2 is 1.74 bits per heavy atom. The maximum Gasteiger partial charge on any atom is 0.120 e. The first kappa shape index (κ1) is 20.6. The minimum atomic E-state index is 0. The van der Waals surface area contributed by atoms with Crippen LogP contribution < -0.4 is 5.32 Å². The summed E-state index contributed by atoms with van der Waals surface area (Å²) in [5.74, 6) is 1.18. The van der Waals surface area contributed by atoms with E-state index in [2.05, 4.69) is 23.2 Å². The molecule has 0 amide bonds. The van der Waals surface area contributed by atoms with E-state index in [0.29, 0.717) is 17.7 Å².